The lowest BCUT2D eigenvalue weighted by Crippen LogP contribution is -2.34. The molecular weight excluding hydrogens is 316 g/mol. The van der Waals surface area contributed by atoms with Crippen LogP contribution in [-0.2, 0) is 22.4 Å². The van der Waals surface area contributed by atoms with Crippen molar-refractivity contribution in [3.63, 3.8) is 0 Å². The van der Waals surface area contributed by atoms with Gasteiger partial charge < -0.3 is 15.2 Å². The molecule has 2 aromatic rings. The average molecular weight is 340 g/mol. The minimum Gasteiger partial charge on any atom is -0.355 e. The van der Waals surface area contributed by atoms with Crippen molar-refractivity contribution in [2.75, 3.05) is 18.0 Å². The lowest BCUT2D eigenvalue weighted by Gasteiger charge is -2.22. The number of amides is 2. The Kier molecular flexibility index (Phi) is 5.16. The van der Waals surface area contributed by atoms with Crippen LogP contribution in [-0.4, -0.2) is 34.9 Å². The lowest BCUT2D eigenvalue weighted by atomic mass is 10.0. The van der Waals surface area contributed by atoms with Gasteiger partial charge in [-0.3, -0.25) is 9.59 Å². The molecule has 25 heavy (non-hydrogen) atoms. The first-order valence-electron chi connectivity index (χ1n) is 8.75. The Morgan fingerprint density at radius 2 is 2.28 bits per heavy atom. The van der Waals surface area contributed by atoms with E-state index in [0.29, 0.717) is 19.5 Å². The summed E-state index contributed by atoms with van der Waals surface area (Å²) in [6.45, 7) is 5.06. The minimum absolute atomic E-state index is 0.0233. The van der Waals surface area contributed by atoms with E-state index in [2.05, 4.69) is 22.2 Å². The molecular formula is C19H24N4O2. The molecule has 6 nitrogen and oxygen atoms in total. The summed E-state index contributed by atoms with van der Waals surface area (Å²) in [4.78, 5) is 33.8. The van der Waals surface area contributed by atoms with E-state index in [9.17, 15) is 9.59 Å². The Labute approximate surface area is 147 Å². The Morgan fingerprint density at radius 3 is 3.00 bits per heavy atom. The van der Waals surface area contributed by atoms with Gasteiger partial charge in [-0.15, -0.1) is 0 Å². The van der Waals surface area contributed by atoms with Crippen LogP contribution in [0.2, 0.25) is 0 Å². The van der Waals surface area contributed by atoms with E-state index in [1.165, 1.54) is 0 Å². The number of benzene rings is 1. The van der Waals surface area contributed by atoms with Gasteiger partial charge in [0.15, 0.2) is 0 Å². The van der Waals surface area contributed by atoms with Gasteiger partial charge in [0.25, 0.3) is 0 Å². The third-order valence-corrected chi connectivity index (χ3v) is 4.68. The third-order valence-electron chi connectivity index (χ3n) is 4.68. The zero-order valence-electron chi connectivity index (χ0n) is 14.7. The monoisotopic (exact) mass is 340 g/mol. The summed E-state index contributed by atoms with van der Waals surface area (Å²) in [7, 11) is 0. The molecule has 1 saturated heterocycles. The highest BCUT2D eigenvalue weighted by molar-refractivity contribution is 6.01. The molecule has 1 fully saturated rings. The molecule has 2 amide bonds. The molecule has 0 aliphatic carbocycles. The number of rotatable bonds is 6. The summed E-state index contributed by atoms with van der Waals surface area (Å²) < 4.78 is 0. The van der Waals surface area contributed by atoms with Gasteiger partial charge in [-0.25, -0.2) is 4.98 Å². The van der Waals surface area contributed by atoms with Crippen molar-refractivity contribution < 1.29 is 9.59 Å². The first-order chi connectivity index (χ1) is 12.1. The summed E-state index contributed by atoms with van der Waals surface area (Å²) in [5, 5.41) is 2.92. The van der Waals surface area contributed by atoms with E-state index in [-0.39, 0.29) is 24.2 Å². The van der Waals surface area contributed by atoms with Crippen molar-refractivity contribution in [1.82, 2.24) is 15.3 Å². The smallest absolute Gasteiger partial charge is 0.227 e. The van der Waals surface area contributed by atoms with Crippen LogP contribution >= 0.6 is 0 Å². The minimum atomic E-state index is -0.298. The van der Waals surface area contributed by atoms with Gasteiger partial charge in [0.05, 0.1) is 5.92 Å². The number of imidazole rings is 1. The maximum Gasteiger partial charge on any atom is 0.227 e. The number of hydrogen-bond acceptors (Lipinski definition) is 3. The molecule has 2 heterocycles. The highest BCUT2D eigenvalue weighted by atomic mass is 16.2. The van der Waals surface area contributed by atoms with Crippen LogP contribution in [0.25, 0.3) is 0 Å². The highest BCUT2D eigenvalue weighted by Gasteiger charge is 2.36. The molecule has 6 heteroatoms. The van der Waals surface area contributed by atoms with Gasteiger partial charge in [-0.2, -0.15) is 0 Å². The molecule has 0 bridgehead atoms. The SMILES string of the molecule is CCc1cccc(C)c1N1CC(C(=O)NCCc2ncc[nH]2)CC1=O. The fourth-order valence-corrected chi connectivity index (χ4v) is 3.37. The number of aromatic amines is 1. The number of aryl methyl sites for hydroxylation is 2. The summed E-state index contributed by atoms with van der Waals surface area (Å²) >= 11 is 0. The molecule has 1 atom stereocenters. The van der Waals surface area contributed by atoms with E-state index in [1.54, 1.807) is 17.3 Å². The molecule has 0 spiro atoms. The maximum atomic E-state index is 12.5. The van der Waals surface area contributed by atoms with Crippen LogP contribution < -0.4 is 10.2 Å². The van der Waals surface area contributed by atoms with Crippen molar-refractivity contribution in [3.05, 3.63) is 47.5 Å². The third kappa shape index (κ3) is 3.73. The van der Waals surface area contributed by atoms with E-state index in [4.69, 9.17) is 0 Å². The van der Waals surface area contributed by atoms with Gasteiger partial charge in [-0.1, -0.05) is 25.1 Å². The zero-order valence-corrected chi connectivity index (χ0v) is 14.7. The van der Waals surface area contributed by atoms with E-state index >= 15 is 0 Å². The maximum absolute atomic E-state index is 12.5. The molecule has 1 unspecified atom stereocenters. The molecule has 1 aromatic carbocycles. The van der Waals surface area contributed by atoms with Crippen molar-refractivity contribution in [2.24, 2.45) is 5.92 Å². The van der Waals surface area contributed by atoms with Crippen LogP contribution in [0.15, 0.2) is 30.6 Å². The van der Waals surface area contributed by atoms with E-state index in [1.807, 2.05) is 25.1 Å². The fraction of sp³-hybridized carbons (Fsp3) is 0.421. The van der Waals surface area contributed by atoms with Crippen molar-refractivity contribution >= 4 is 17.5 Å². The molecule has 3 rings (SSSR count). The normalized spacial score (nSPS) is 17.1. The van der Waals surface area contributed by atoms with E-state index in [0.717, 1.165) is 29.1 Å². The lowest BCUT2D eigenvalue weighted by molar-refractivity contribution is -0.126. The van der Waals surface area contributed by atoms with Crippen LogP contribution in [0, 0.1) is 12.8 Å². The molecule has 1 aromatic heterocycles. The molecule has 0 saturated carbocycles. The Hall–Kier alpha value is -2.63. The Morgan fingerprint density at radius 1 is 1.44 bits per heavy atom. The quantitative estimate of drug-likeness (QED) is 0.844. The summed E-state index contributed by atoms with van der Waals surface area (Å²) in [6, 6.07) is 6.07. The number of carbonyl (C=O) groups is 2. The number of anilines is 1. The highest BCUT2D eigenvalue weighted by Crippen LogP contribution is 2.31. The predicted molar refractivity (Wildman–Crippen MR) is 96.3 cm³/mol. The largest absolute Gasteiger partial charge is 0.355 e. The van der Waals surface area contributed by atoms with Gasteiger partial charge in [-0.05, 0) is 24.5 Å². The number of H-pyrrole nitrogens is 1. The van der Waals surface area contributed by atoms with Crippen LogP contribution in [0.1, 0.15) is 30.3 Å². The fourth-order valence-electron chi connectivity index (χ4n) is 3.37. The molecule has 2 N–H and O–H groups in total. The number of para-hydroxylation sites is 1. The number of carbonyl (C=O) groups excluding carboxylic acids is 2. The van der Waals surface area contributed by atoms with Crippen LogP contribution in [0.5, 0.6) is 0 Å². The zero-order chi connectivity index (χ0) is 17.8. The average Bonchev–Trinajstić information content (AvgIpc) is 3.24. The number of hydrogen-bond donors (Lipinski definition) is 2. The van der Waals surface area contributed by atoms with Crippen molar-refractivity contribution in [2.45, 2.75) is 33.1 Å². The second-order valence-electron chi connectivity index (χ2n) is 6.42. The van der Waals surface area contributed by atoms with Crippen LogP contribution in [0.4, 0.5) is 5.69 Å². The van der Waals surface area contributed by atoms with Crippen molar-refractivity contribution in [3.8, 4) is 0 Å². The topological polar surface area (TPSA) is 78.1 Å². The van der Waals surface area contributed by atoms with Gasteiger partial charge in [0, 0.05) is 44.0 Å². The summed E-state index contributed by atoms with van der Waals surface area (Å²) in [5.41, 5.74) is 3.19. The summed E-state index contributed by atoms with van der Waals surface area (Å²) in [6.07, 6.45) is 5.24. The van der Waals surface area contributed by atoms with Gasteiger partial charge in [0.1, 0.15) is 5.82 Å². The Balaban J connectivity index is 1.63. The first kappa shape index (κ1) is 17.2. The first-order valence-corrected chi connectivity index (χ1v) is 8.75. The molecule has 0 radical (unpaired) electrons. The number of nitrogens with one attached hydrogen (secondary N) is 2. The molecule has 1 aliphatic rings. The van der Waals surface area contributed by atoms with Gasteiger partial charge >= 0.3 is 0 Å². The second kappa shape index (κ2) is 7.51. The standard InChI is InChI=1S/C19H24N4O2/c1-3-14-6-4-5-13(2)18(14)23-12-15(11-17(23)24)19(25)22-8-7-16-20-9-10-21-16/h4-6,9-10,15H,3,7-8,11-12H2,1-2H3,(H,20,21)(H,22,25). The molecule has 1 aliphatic heterocycles. The predicted octanol–water partition coefficient (Wildman–Crippen LogP) is 1.99. The second-order valence-corrected chi connectivity index (χ2v) is 6.42. The van der Waals surface area contributed by atoms with E-state index < -0.39 is 0 Å². The number of nitrogens with zero attached hydrogens (tertiary/aromatic N) is 2. The van der Waals surface area contributed by atoms with Crippen LogP contribution in [0.3, 0.4) is 0 Å². The van der Waals surface area contributed by atoms with Gasteiger partial charge in [0.2, 0.25) is 11.8 Å². The summed E-state index contributed by atoms with van der Waals surface area (Å²) in [5.74, 6) is 0.509. The number of aromatic nitrogens is 2. The molecule has 132 valence electrons. The Bertz CT molecular complexity index is 755. The van der Waals surface area contributed by atoms with Crippen molar-refractivity contribution in [1.29, 1.82) is 0 Å².